The molecule has 8 nitrogen and oxygen atoms in total. The van der Waals surface area contributed by atoms with Gasteiger partial charge >= 0.3 is 13.6 Å². The number of nitrogens with zero attached hydrogens (tertiary/aromatic N) is 1. The lowest BCUT2D eigenvalue weighted by molar-refractivity contribution is -0.200. The van der Waals surface area contributed by atoms with Gasteiger partial charge in [-0.05, 0) is 12.0 Å². The summed E-state index contributed by atoms with van der Waals surface area (Å²) < 4.78 is 20.7. The molecule has 23 heavy (non-hydrogen) atoms. The Balaban J connectivity index is 2.70. The van der Waals surface area contributed by atoms with Gasteiger partial charge < -0.3 is 9.63 Å². The third kappa shape index (κ3) is 6.29. The van der Waals surface area contributed by atoms with Gasteiger partial charge in [-0.25, -0.2) is 9.86 Å². The van der Waals surface area contributed by atoms with Gasteiger partial charge in [0.15, 0.2) is 6.04 Å². The Morgan fingerprint density at radius 1 is 1.43 bits per heavy atom. The molecule has 0 spiro atoms. The lowest BCUT2D eigenvalue weighted by Crippen LogP contribution is -2.40. The second kappa shape index (κ2) is 9.64. The molecule has 10 heteroatoms. The number of hydrogen-bond donors (Lipinski definition) is 1. The number of carboxylic acids is 1. The zero-order chi connectivity index (χ0) is 17.3. The van der Waals surface area contributed by atoms with Gasteiger partial charge in [0.25, 0.3) is 0 Å². The quantitative estimate of drug-likeness (QED) is 0.365. The van der Waals surface area contributed by atoms with Gasteiger partial charge in [-0.3, -0.25) is 14.2 Å². The molecule has 0 aliphatic heterocycles. The standard InChI is InChI=1S/C13H17ClNO7P/c1-20-23(19,22-14)8-7-12(13(17)18)15(10-16)21-9-11-5-3-2-4-6-11/h2-6,10,12H,7-9H2,1H3,(H,17,18). The molecule has 128 valence electrons. The Kier molecular flexibility index (Phi) is 8.22. The van der Waals surface area contributed by atoms with Crippen LogP contribution >= 0.6 is 19.5 Å². The number of carbonyl (C=O) groups excluding carboxylic acids is 1. The lowest BCUT2D eigenvalue weighted by atomic mass is 10.2. The minimum Gasteiger partial charge on any atom is -0.480 e. The summed E-state index contributed by atoms with van der Waals surface area (Å²) in [5.41, 5.74) is 0.759. The van der Waals surface area contributed by atoms with Crippen molar-refractivity contribution in [2.45, 2.75) is 19.1 Å². The molecule has 0 radical (unpaired) electrons. The smallest absolute Gasteiger partial charge is 0.346 e. The third-order valence-corrected chi connectivity index (χ3v) is 5.18. The summed E-state index contributed by atoms with van der Waals surface area (Å²) >= 11 is 5.08. The van der Waals surface area contributed by atoms with Gasteiger partial charge in [-0.2, -0.15) is 4.08 Å². The molecule has 0 aromatic heterocycles. The van der Waals surface area contributed by atoms with Crippen molar-refractivity contribution in [1.29, 1.82) is 0 Å². The van der Waals surface area contributed by atoms with Crippen LogP contribution in [0.5, 0.6) is 0 Å². The number of rotatable bonds is 11. The van der Waals surface area contributed by atoms with Crippen LogP contribution in [-0.4, -0.2) is 41.9 Å². The van der Waals surface area contributed by atoms with Crippen molar-refractivity contribution in [3.05, 3.63) is 35.9 Å². The van der Waals surface area contributed by atoms with Crippen LogP contribution in [0, 0.1) is 0 Å². The first-order chi connectivity index (χ1) is 11.0. The minimum atomic E-state index is -3.60. The van der Waals surface area contributed by atoms with E-state index in [-0.39, 0.29) is 25.6 Å². The average Bonchev–Trinajstić information content (AvgIpc) is 2.58. The molecular formula is C13H17ClNO7P. The number of carboxylic acid groups (broad SMARTS) is 1. The minimum absolute atomic E-state index is 0.0112. The molecule has 1 rings (SSSR count). The van der Waals surface area contributed by atoms with E-state index in [1.807, 2.05) is 6.07 Å². The van der Waals surface area contributed by atoms with E-state index in [0.717, 1.165) is 12.7 Å². The number of hydrogen-bond acceptors (Lipinski definition) is 6. The van der Waals surface area contributed by atoms with Crippen molar-refractivity contribution >= 4 is 31.8 Å². The van der Waals surface area contributed by atoms with Crippen molar-refractivity contribution in [1.82, 2.24) is 5.06 Å². The highest BCUT2D eigenvalue weighted by molar-refractivity contribution is 7.54. The summed E-state index contributed by atoms with van der Waals surface area (Å²) in [5, 5.41) is 9.89. The fourth-order valence-electron chi connectivity index (χ4n) is 1.71. The Bertz CT molecular complexity index is 549. The fraction of sp³-hybridized carbons (Fsp3) is 0.385. The molecule has 1 N–H and O–H groups in total. The predicted octanol–water partition coefficient (Wildman–Crippen LogP) is 2.43. The summed E-state index contributed by atoms with van der Waals surface area (Å²) in [6.07, 6.45) is -0.259. The van der Waals surface area contributed by atoms with Gasteiger partial charge in [0.05, 0.1) is 18.0 Å². The van der Waals surface area contributed by atoms with Gasteiger partial charge in [-0.15, -0.1) is 0 Å². The maximum absolute atomic E-state index is 11.9. The number of carbonyl (C=O) groups is 2. The number of benzene rings is 1. The maximum atomic E-state index is 11.9. The summed E-state index contributed by atoms with van der Waals surface area (Å²) in [5.74, 6) is -1.32. The Morgan fingerprint density at radius 3 is 2.57 bits per heavy atom. The Morgan fingerprint density at radius 2 is 2.09 bits per heavy atom. The molecule has 0 saturated carbocycles. The predicted molar refractivity (Wildman–Crippen MR) is 81.6 cm³/mol. The fourth-order valence-corrected chi connectivity index (χ4v) is 2.96. The van der Waals surface area contributed by atoms with Crippen LogP contribution in [0.2, 0.25) is 0 Å². The van der Waals surface area contributed by atoms with Gasteiger partial charge in [-0.1, -0.05) is 30.3 Å². The summed E-state index contributed by atoms with van der Waals surface area (Å²) in [6.45, 7) is 0.0112. The van der Waals surface area contributed by atoms with E-state index in [1.54, 1.807) is 24.3 Å². The van der Waals surface area contributed by atoms with E-state index in [0.29, 0.717) is 5.06 Å². The highest BCUT2D eigenvalue weighted by Gasteiger charge is 2.31. The molecular weight excluding hydrogens is 349 g/mol. The first kappa shape index (κ1) is 19.6. The van der Waals surface area contributed by atoms with E-state index in [4.69, 9.17) is 16.7 Å². The van der Waals surface area contributed by atoms with Crippen molar-refractivity contribution in [3.8, 4) is 0 Å². The molecule has 0 bridgehead atoms. The number of aliphatic carboxylic acids is 1. The Labute approximate surface area is 138 Å². The summed E-state index contributed by atoms with van der Waals surface area (Å²) in [4.78, 5) is 27.6. The van der Waals surface area contributed by atoms with Crippen LogP contribution in [0.4, 0.5) is 0 Å². The van der Waals surface area contributed by atoms with E-state index >= 15 is 0 Å². The first-order valence-corrected chi connectivity index (χ1v) is 8.58. The topological polar surface area (TPSA) is 102 Å². The first-order valence-electron chi connectivity index (χ1n) is 6.54. The van der Waals surface area contributed by atoms with Crippen LogP contribution in [0.3, 0.4) is 0 Å². The second-order valence-corrected chi connectivity index (χ2v) is 7.04. The second-order valence-electron chi connectivity index (χ2n) is 4.45. The van der Waals surface area contributed by atoms with Crippen molar-refractivity contribution in [2.24, 2.45) is 0 Å². The van der Waals surface area contributed by atoms with Crippen LogP contribution in [0.1, 0.15) is 12.0 Å². The number of hydroxylamine groups is 2. The third-order valence-electron chi connectivity index (χ3n) is 2.98. The zero-order valence-electron chi connectivity index (χ0n) is 12.3. The van der Waals surface area contributed by atoms with Gasteiger partial charge in [0, 0.05) is 7.11 Å². The molecule has 0 fully saturated rings. The molecule has 0 saturated heterocycles. The SMILES string of the molecule is COP(=O)(CCC(C(=O)O)N(C=O)OCc1ccccc1)OCl. The summed E-state index contributed by atoms with van der Waals surface area (Å²) in [6, 6.07) is 7.55. The van der Waals surface area contributed by atoms with Crippen LogP contribution in [-0.2, 0) is 34.2 Å². The molecule has 0 aliphatic carbocycles. The highest BCUT2D eigenvalue weighted by atomic mass is 35.5. The monoisotopic (exact) mass is 365 g/mol. The van der Waals surface area contributed by atoms with E-state index in [2.05, 4.69) is 8.60 Å². The van der Waals surface area contributed by atoms with Crippen LogP contribution < -0.4 is 0 Å². The number of amides is 1. The largest absolute Gasteiger partial charge is 0.480 e. The maximum Gasteiger partial charge on any atom is 0.346 e. The molecule has 2 unspecified atom stereocenters. The van der Waals surface area contributed by atoms with Gasteiger partial charge in [0.1, 0.15) is 6.61 Å². The molecule has 2 atom stereocenters. The van der Waals surface area contributed by atoms with E-state index in [9.17, 15) is 19.3 Å². The van der Waals surface area contributed by atoms with E-state index in [1.165, 1.54) is 0 Å². The normalized spacial score (nSPS) is 14.7. The molecule has 1 aromatic carbocycles. The zero-order valence-corrected chi connectivity index (χ0v) is 14.0. The van der Waals surface area contributed by atoms with Crippen LogP contribution in [0.15, 0.2) is 30.3 Å². The van der Waals surface area contributed by atoms with E-state index < -0.39 is 19.6 Å². The molecule has 1 aromatic rings. The summed E-state index contributed by atoms with van der Waals surface area (Å²) in [7, 11) is -2.47. The molecule has 1 amide bonds. The van der Waals surface area contributed by atoms with Crippen molar-refractivity contribution in [2.75, 3.05) is 13.3 Å². The molecule has 0 heterocycles. The highest BCUT2D eigenvalue weighted by Crippen LogP contribution is 2.49. The lowest BCUT2D eigenvalue weighted by Gasteiger charge is -2.24. The average molecular weight is 366 g/mol. The molecule has 0 aliphatic rings. The van der Waals surface area contributed by atoms with Crippen LogP contribution in [0.25, 0.3) is 0 Å². The Hall–Kier alpha value is -1.44. The van der Waals surface area contributed by atoms with Gasteiger partial charge in [0.2, 0.25) is 6.41 Å². The number of halogens is 1. The van der Waals surface area contributed by atoms with Crippen molar-refractivity contribution < 1.29 is 32.7 Å². The van der Waals surface area contributed by atoms with Crippen molar-refractivity contribution in [3.63, 3.8) is 0 Å².